The van der Waals surface area contributed by atoms with Gasteiger partial charge >= 0.3 is 0 Å². The maximum Gasteiger partial charge on any atom is 0.261 e. The second kappa shape index (κ2) is 8.00. The van der Waals surface area contributed by atoms with Gasteiger partial charge in [-0.3, -0.25) is 14.5 Å². The van der Waals surface area contributed by atoms with E-state index in [9.17, 15) is 14.0 Å². The number of carbonyl (C=O) groups is 1. The number of imidazole rings is 1. The van der Waals surface area contributed by atoms with E-state index in [1.807, 2.05) is 4.90 Å². The molecule has 0 radical (unpaired) electrons. The highest BCUT2D eigenvalue weighted by atomic mass is 19.1. The van der Waals surface area contributed by atoms with Crippen molar-refractivity contribution in [3.05, 3.63) is 58.1 Å². The molecule has 4 aromatic rings. The minimum Gasteiger partial charge on any atom is -0.397 e. The number of nitrogen functional groups attached to an aromatic ring is 1. The van der Waals surface area contributed by atoms with Gasteiger partial charge in [-0.05, 0) is 44.2 Å². The molecular weight excluding hydrogens is 423 g/mol. The number of nitrogens with two attached hydrogens (primary N) is 1. The molecule has 5 rings (SSSR count). The first kappa shape index (κ1) is 21.1. The molecule has 9 heteroatoms. The average molecular weight is 449 g/mol. The van der Waals surface area contributed by atoms with Crippen molar-refractivity contribution < 1.29 is 9.18 Å². The number of anilines is 1. The summed E-state index contributed by atoms with van der Waals surface area (Å²) in [5.41, 5.74) is 7.87. The smallest absolute Gasteiger partial charge is 0.261 e. The van der Waals surface area contributed by atoms with Gasteiger partial charge in [0.25, 0.3) is 11.5 Å². The Hall–Kier alpha value is -3.72. The minimum atomic E-state index is -0.524. The monoisotopic (exact) mass is 448 g/mol. The number of piperazine rings is 1. The largest absolute Gasteiger partial charge is 0.397 e. The second-order valence-corrected chi connectivity index (χ2v) is 8.64. The highest BCUT2D eigenvalue weighted by Gasteiger charge is 2.24. The second-order valence-electron chi connectivity index (χ2n) is 8.64. The van der Waals surface area contributed by atoms with Crippen LogP contribution in [0.2, 0.25) is 0 Å². The van der Waals surface area contributed by atoms with Crippen LogP contribution >= 0.6 is 0 Å². The topological polar surface area (TPSA) is 111 Å². The Bertz CT molecular complexity index is 1430. The van der Waals surface area contributed by atoms with E-state index >= 15 is 0 Å². The van der Waals surface area contributed by atoms with Gasteiger partial charge in [0, 0.05) is 37.8 Å². The lowest BCUT2D eigenvalue weighted by Crippen LogP contribution is -2.50. The number of nitrogens with zero attached hydrogens (tertiary/aromatic N) is 3. The average Bonchev–Trinajstić information content (AvgIpc) is 3.21. The first-order valence-corrected chi connectivity index (χ1v) is 11.0. The highest BCUT2D eigenvalue weighted by molar-refractivity contribution is 6.00. The summed E-state index contributed by atoms with van der Waals surface area (Å²) < 4.78 is 14.4. The fourth-order valence-corrected chi connectivity index (χ4v) is 4.45. The fraction of sp³-hybridized carbons (Fsp3) is 0.292. The molecule has 0 aliphatic carbocycles. The third kappa shape index (κ3) is 3.64. The lowest BCUT2D eigenvalue weighted by molar-refractivity contribution is 0.0595. The predicted octanol–water partition coefficient (Wildman–Crippen LogP) is 2.96. The van der Waals surface area contributed by atoms with Crippen LogP contribution in [0.5, 0.6) is 0 Å². The van der Waals surface area contributed by atoms with Gasteiger partial charge in [0.05, 0.1) is 27.6 Å². The molecule has 170 valence electrons. The Labute approximate surface area is 189 Å². The van der Waals surface area contributed by atoms with Gasteiger partial charge in [-0.2, -0.15) is 0 Å². The van der Waals surface area contributed by atoms with Crippen LogP contribution in [0.4, 0.5) is 10.1 Å². The first-order valence-electron chi connectivity index (χ1n) is 11.0. The number of halogens is 1. The number of rotatable bonds is 3. The van der Waals surface area contributed by atoms with Gasteiger partial charge in [0.15, 0.2) is 0 Å². The zero-order chi connectivity index (χ0) is 23.3. The van der Waals surface area contributed by atoms with E-state index < -0.39 is 11.4 Å². The van der Waals surface area contributed by atoms with E-state index in [-0.39, 0.29) is 28.4 Å². The number of fused-ring (bicyclic) bond motifs is 2. The van der Waals surface area contributed by atoms with Crippen molar-refractivity contribution in [2.75, 3.05) is 31.9 Å². The Kier molecular flexibility index (Phi) is 5.13. The lowest BCUT2D eigenvalue weighted by Gasteiger charge is -2.36. The third-order valence-corrected chi connectivity index (χ3v) is 6.32. The Morgan fingerprint density at radius 2 is 1.85 bits per heavy atom. The summed E-state index contributed by atoms with van der Waals surface area (Å²) in [5, 5.41) is 0.143. The zero-order valence-corrected chi connectivity index (χ0v) is 18.5. The molecule has 1 aliphatic rings. The highest BCUT2D eigenvalue weighted by Crippen LogP contribution is 2.30. The van der Waals surface area contributed by atoms with Crippen LogP contribution in [0.1, 0.15) is 24.2 Å². The van der Waals surface area contributed by atoms with Gasteiger partial charge in [-0.1, -0.05) is 6.07 Å². The number of pyridine rings is 1. The maximum atomic E-state index is 14.4. The van der Waals surface area contributed by atoms with Crippen molar-refractivity contribution in [2.45, 2.75) is 19.9 Å². The van der Waals surface area contributed by atoms with E-state index in [1.165, 1.54) is 12.1 Å². The summed E-state index contributed by atoms with van der Waals surface area (Å²) in [6.45, 7) is 7.36. The van der Waals surface area contributed by atoms with E-state index in [4.69, 9.17) is 5.73 Å². The zero-order valence-electron chi connectivity index (χ0n) is 18.5. The number of hydrogen-bond donors (Lipinski definition) is 3. The van der Waals surface area contributed by atoms with Crippen molar-refractivity contribution >= 4 is 33.5 Å². The number of aromatic amines is 2. The minimum absolute atomic E-state index is 0.0187. The summed E-state index contributed by atoms with van der Waals surface area (Å²) in [6, 6.07) is 10.1. The maximum absolute atomic E-state index is 14.4. The van der Waals surface area contributed by atoms with Crippen molar-refractivity contribution in [1.82, 2.24) is 24.8 Å². The van der Waals surface area contributed by atoms with Crippen LogP contribution in [0, 0.1) is 5.82 Å². The van der Waals surface area contributed by atoms with E-state index in [0.717, 1.165) is 13.1 Å². The van der Waals surface area contributed by atoms with Crippen molar-refractivity contribution in [1.29, 1.82) is 0 Å². The van der Waals surface area contributed by atoms with Gasteiger partial charge < -0.3 is 20.6 Å². The summed E-state index contributed by atoms with van der Waals surface area (Å²) in [4.78, 5) is 40.2. The molecular formula is C24H25FN6O2. The van der Waals surface area contributed by atoms with E-state index in [0.29, 0.717) is 41.2 Å². The normalized spacial score (nSPS) is 15.1. The van der Waals surface area contributed by atoms with E-state index in [2.05, 4.69) is 33.7 Å². The van der Waals surface area contributed by atoms with Crippen molar-refractivity contribution in [2.24, 2.45) is 0 Å². The van der Waals surface area contributed by atoms with Crippen LogP contribution in [0.15, 0.2) is 41.2 Å². The molecule has 0 bridgehead atoms. The number of aromatic nitrogens is 3. The first-order chi connectivity index (χ1) is 15.8. The molecule has 2 aromatic carbocycles. The van der Waals surface area contributed by atoms with Crippen LogP contribution in [-0.4, -0.2) is 62.9 Å². The van der Waals surface area contributed by atoms with Crippen molar-refractivity contribution in [3.8, 4) is 11.4 Å². The van der Waals surface area contributed by atoms with Crippen LogP contribution in [0.3, 0.4) is 0 Å². The number of benzene rings is 2. The fourth-order valence-electron chi connectivity index (χ4n) is 4.45. The standard InChI is InChI=1S/C24H25FN6O2/c1-13(2)30-8-10-31(11-9-30)24(33)14-6-7-16-18(12-14)28-22(27-16)20-21(26)19-15(25)4-3-5-17(19)29-23(20)32/h3-7,12-13H,8-11H2,1-2H3,(H,27,28)(H3,26,29,32). The van der Waals surface area contributed by atoms with Gasteiger partial charge in [-0.25, -0.2) is 9.37 Å². The number of carbonyl (C=O) groups excluding carboxylic acids is 1. The molecule has 3 heterocycles. The molecule has 0 spiro atoms. The molecule has 1 saturated heterocycles. The molecule has 1 aliphatic heterocycles. The molecule has 4 N–H and O–H groups in total. The number of H-pyrrole nitrogens is 2. The molecule has 0 atom stereocenters. The molecule has 1 amide bonds. The number of amides is 1. The third-order valence-electron chi connectivity index (χ3n) is 6.32. The Morgan fingerprint density at radius 1 is 1.09 bits per heavy atom. The van der Waals surface area contributed by atoms with Crippen LogP contribution in [-0.2, 0) is 0 Å². The van der Waals surface area contributed by atoms with Gasteiger partial charge in [0.2, 0.25) is 0 Å². The SMILES string of the molecule is CC(C)N1CCN(C(=O)c2ccc3nc(-c4c(N)c5c(F)cccc5[nH]c4=O)[nH]c3c2)CC1. The summed E-state index contributed by atoms with van der Waals surface area (Å²) in [7, 11) is 0. The summed E-state index contributed by atoms with van der Waals surface area (Å²) in [6.07, 6.45) is 0. The molecule has 33 heavy (non-hydrogen) atoms. The van der Waals surface area contributed by atoms with Crippen LogP contribution in [0.25, 0.3) is 33.3 Å². The molecule has 2 aromatic heterocycles. The van der Waals surface area contributed by atoms with Gasteiger partial charge in [-0.15, -0.1) is 0 Å². The number of hydrogen-bond acceptors (Lipinski definition) is 5. The predicted molar refractivity (Wildman–Crippen MR) is 127 cm³/mol. The van der Waals surface area contributed by atoms with Crippen molar-refractivity contribution in [3.63, 3.8) is 0 Å². The Morgan fingerprint density at radius 3 is 2.58 bits per heavy atom. The van der Waals surface area contributed by atoms with E-state index in [1.54, 1.807) is 24.3 Å². The Balaban J connectivity index is 1.49. The summed E-state index contributed by atoms with van der Waals surface area (Å²) in [5.74, 6) is -0.338. The lowest BCUT2D eigenvalue weighted by atomic mass is 10.1. The number of nitrogens with one attached hydrogen (secondary N) is 2. The molecule has 8 nitrogen and oxygen atoms in total. The molecule has 0 saturated carbocycles. The summed E-state index contributed by atoms with van der Waals surface area (Å²) >= 11 is 0. The molecule has 0 unspecified atom stereocenters. The van der Waals surface area contributed by atoms with Crippen LogP contribution < -0.4 is 11.3 Å². The molecule has 1 fully saturated rings. The van der Waals surface area contributed by atoms with Gasteiger partial charge in [0.1, 0.15) is 17.2 Å². The quantitative estimate of drug-likeness (QED) is 0.446.